The van der Waals surface area contributed by atoms with Crippen molar-refractivity contribution in [2.45, 2.75) is 18.4 Å². The maximum absolute atomic E-state index is 12.2. The van der Waals surface area contributed by atoms with E-state index in [2.05, 4.69) is 14.9 Å². The molecule has 0 saturated carbocycles. The van der Waals surface area contributed by atoms with Crippen molar-refractivity contribution in [2.24, 2.45) is 0 Å². The molecule has 0 atom stereocenters. The number of nitrogens with two attached hydrogens (primary N) is 1. The van der Waals surface area contributed by atoms with E-state index in [1.165, 1.54) is 19.2 Å². The van der Waals surface area contributed by atoms with E-state index >= 15 is 0 Å². The summed E-state index contributed by atoms with van der Waals surface area (Å²) in [5.41, 5.74) is 5.92. The van der Waals surface area contributed by atoms with E-state index in [1.807, 2.05) is 0 Å². The van der Waals surface area contributed by atoms with Gasteiger partial charge in [-0.15, -0.1) is 0 Å². The lowest BCUT2D eigenvalue weighted by Gasteiger charge is -2.10. The molecule has 0 unspecified atom stereocenters. The predicted octanol–water partition coefficient (Wildman–Crippen LogP) is 0.447. The van der Waals surface area contributed by atoms with E-state index < -0.39 is 10.0 Å². The number of ether oxygens (including phenoxy) is 1. The largest absolute Gasteiger partial charge is 0.495 e. The molecule has 0 amide bonds. The summed E-state index contributed by atoms with van der Waals surface area (Å²) in [6.07, 6.45) is 0. The molecule has 20 heavy (non-hydrogen) atoms. The van der Waals surface area contributed by atoms with E-state index in [4.69, 9.17) is 15.0 Å². The highest BCUT2D eigenvalue weighted by Crippen LogP contribution is 2.25. The van der Waals surface area contributed by atoms with Crippen LogP contribution in [-0.4, -0.2) is 25.7 Å². The SMILES string of the molecule is COc1ccc(N)cc1S(=O)(=O)NCc1nc(C)no1. The molecule has 0 radical (unpaired) electrons. The number of rotatable bonds is 5. The van der Waals surface area contributed by atoms with Crippen LogP contribution in [0.25, 0.3) is 0 Å². The van der Waals surface area contributed by atoms with Gasteiger partial charge in [0.1, 0.15) is 10.6 Å². The molecule has 108 valence electrons. The van der Waals surface area contributed by atoms with Crippen molar-refractivity contribution >= 4 is 15.7 Å². The van der Waals surface area contributed by atoms with Crippen molar-refractivity contribution in [3.05, 3.63) is 29.9 Å². The van der Waals surface area contributed by atoms with Gasteiger partial charge in [0.2, 0.25) is 15.9 Å². The van der Waals surface area contributed by atoms with Crippen molar-refractivity contribution < 1.29 is 17.7 Å². The molecule has 1 aromatic heterocycles. The van der Waals surface area contributed by atoms with Crippen LogP contribution in [0.4, 0.5) is 5.69 Å². The summed E-state index contributed by atoms with van der Waals surface area (Å²) in [5.74, 6) is 0.808. The molecule has 1 aromatic carbocycles. The highest BCUT2D eigenvalue weighted by molar-refractivity contribution is 7.89. The van der Waals surface area contributed by atoms with Crippen LogP contribution in [0.15, 0.2) is 27.6 Å². The minimum absolute atomic E-state index is 0.0452. The zero-order valence-electron chi connectivity index (χ0n) is 11.0. The average Bonchev–Trinajstić information content (AvgIpc) is 2.82. The molecule has 0 aliphatic carbocycles. The molecule has 1 heterocycles. The summed E-state index contributed by atoms with van der Waals surface area (Å²) in [4.78, 5) is 3.86. The molecule has 0 spiro atoms. The third kappa shape index (κ3) is 3.06. The summed E-state index contributed by atoms with van der Waals surface area (Å²) in [7, 11) is -2.42. The number of aryl methyl sites for hydroxylation is 1. The first-order valence-electron chi connectivity index (χ1n) is 5.65. The molecule has 0 bridgehead atoms. The van der Waals surface area contributed by atoms with Gasteiger partial charge in [-0.2, -0.15) is 4.98 Å². The predicted molar refractivity (Wildman–Crippen MR) is 70.5 cm³/mol. The van der Waals surface area contributed by atoms with Gasteiger partial charge in [-0.3, -0.25) is 0 Å². The van der Waals surface area contributed by atoms with E-state index in [0.717, 1.165) is 0 Å². The van der Waals surface area contributed by atoms with Gasteiger partial charge in [0.15, 0.2) is 5.82 Å². The Hall–Kier alpha value is -2.13. The number of nitrogens with one attached hydrogen (secondary N) is 1. The number of hydrogen-bond donors (Lipinski definition) is 2. The fourth-order valence-corrected chi connectivity index (χ4v) is 2.73. The number of benzene rings is 1. The molecular weight excluding hydrogens is 284 g/mol. The number of anilines is 1. The van der Waals surface area contributed by atoms with Crippen molar-refractivity contribution in [1.29, 1.82) is 0 Å². The highest BCUT2D eigenvalue weighted by atomic mass is 32.2. The van der Waals surface area contributed by atoms with Crippen LogP contribution in [-0.2, 0) is 16.6 Å². The summed E-state index contributed by atoms with van der Waals surface area (Å²) in [6, 6.07) is 4.36. The van der Waals surface area contributed by atoms with Crippen LogP contribution in [0, 0.1) is 6.92 Å². The van der Waals surface area contributed by atoms with Crippen molar-refractivity contribution in [1.82, 2.24) is 14.9 Å². The van der Waals surface area contributed by atoms with Gasteiger partial charge in [-0.25, -0.2) is 13.1 Å². The fourth-order valence-electron chi connectivity index (χ4n) is 1.55. The van der Waals surface area contributed by atoms with Gasteiger partial charge in [0, 0.05) is 5.69 Å². The van der Waals surface area contributed by atoms with Gasteiger partial charge in [-0.05, 0) is 25.1 Å². The third-order valence-corrected chi connectivity index (χ3v) is 3.88. The lowest BCUT2D eigenvalue weighted by molar-refractivity contribution is 0.371. The number of methoxy groups -OCH3 is 1. The normalized spacial score (nSPS) is 11.5. The van der Waals surface area contributed by atoms with E-state index in [-0.39, 0.29) is 23.1 Å². The average molecular weight is 298 g/mol. The standard InChI is InChI=1S/C11H14N4O4S/c1-7-14-11(19-15-7)6-13-20(16,17)10-5-8(12)3-4-9(10)18-2/h3-5,13H,6,12H2,1-2H3. The van der Waals surface area contributed by atoms with Crippen LogP contribution < -0.4 is 15.2 Å². The Kier molecular flexibility index (Phi) is 3.91. The molecular formula is C11H14N4O4S. The van der Waals surface area contributed by atoms with E-state index in [0.29, 0.717) is 11.5 Å². The lowest BCUT2D eigenvalue weighted by atomic mass is 10.3. The summed E-state index contributed by atoms with van der Waals surface area (Å²) >= 11 is 0. The Labute approximate surface area is 116 Å². The summed E-state index contributed by atoms with van der Waals surface area (Å²) < 4.78 is 36.6. The van der Waals surface area contributed by atoms with Crippen LogP contribution in [0.3, 0.4) is 0 Å². The molecule has 0 aliphatic rings. The number of hydrogen-bond acceptors (Lipinski definition) is 7. The van der Waals surface area contributed by atoms with Crippen molar-refractivity contribution in [3.63, 3.8) is 0 Å². The fraction of sp³-hybridized carbons (Fsp3) is 0.273. The second-order valence-electron chi connectivity index (χ2n) is 3.97. The van der Waals surface area contributed by atoms with E-state index in [1.54, 1.807) is 13.0 Å². The molecule has 2 rings (SSSR count). The van der Waals surface area contributed by atoms with Gasteiger partial charge in [-0.1, -0.05) is 5.16 Å². The van der Waals surface area contributed by atoms with Crippen LogP contribution in [0.5, 0.6) is 5.75 Å². The van der Waals surface area contributed by atoms with Crippen LogP contribution in [0.2, 0.25) is 0 Å². The molecule has 9 heteroatoms. The smallest absolute Gasteiger partial charge is 0.244 e. The second-order valence-corrected chi connectivity index (χ2v) is 5.71. The van der Waals surface area contributed by atoms with E-state index in [9.17, 15) is 8.42 Å². The minimum atomic E-state index is -3.80. The Morgan fingerprint density at radius 2 is 2.20 bits per heavy atom. The van der Waals surface area contributed by atoms with Crippen LogP contribution in [0.1, 0.15) is 11.7 Å². The number of nitrogens with zero attached hydrogens (tertiary/aromatic N) is 2. The van der Waals surface area contributed by atoms with Crippen LogP contribution >= 0.6 is 0 Å². The molecule has 3 N–H and O–H groups in total. The van der Waals surface area contributed by atoms with Crippen molar-refractivity contribution in [3.8, 4) is 5.75 Å². The minimum Gasteiger partial charge on any atom is -0.495 e. The first kappa shape index (κ1) is 14.3. The number of aromatic nitrogens is 2. The van der Waals surface area contributed by atoms with Crippen molar-refractivity contribution in [2.75, 3.05) is 12.8 Å². The summed E-state index contributed by atoms with van der Waals surface area (Å²) in [6.45, 7) is 1.53. The maximum Gasteiger partial charge on any atom is 0.244 e. The Balaban J connectivity index is 2.24. The van der Waals surface area contributed by atoms with Gasteiger partial charge < -0.3 is 15.0 Å². The molecule has 8 nitrogen and oxygen atoms in total. The lowest BCUT2D eigenvalue weighted by Crippen LogP contribution is -2.24. The number of sulfonamides is 1. The summed E-state index contributed by atoms with van der Waals surface area (Å²) in [5, 5.41) is 3.57. The quantitative estimate of drug-likeness (QED) is 0.768. The molecule has 0 fully saturated rings. The molecule has 2 aromatic rings. The Morgan fingerprint density at radius 3 is 2.80 bits per heavy atom. The van der Waals surface area contributed by atoms with Gasteiger partial charge in [0.25, 0.3) is 0 Å². The van der Waals surface area contributed by atoms with Gasteiger partial charge >= 0.3 is 0 Å². The molecule has 0 aliphatic heterocycles. The Morgan fingerprint density at radius 1 is 1.45 bits per heavy atom. The first-order chi connectivity index (χ1) is 9.42. The van der Waals surface area contributed by atoms with Gasteiger partial charge in [0.05, 0.1) is 13.7 Å². The monoisotopic (exact) mass is 298 g/mol. The zero-order valence-corrected chi connectivity index (χ0v) is 11.8. The highest BCUT2D eigenvalue weighted by Gasteiger charge is 2.20. The maximum atomic E-state index is 12.2. The zero-order chi connectivity index (χ0) is 14.8. The molecule has 0 saturated heterocycles. The second kappa shape index (κ2) is 5.47. The first-order valence-corrected chi connectivity index (χ1v) is 7.13. The third-order valence-electron chi connectivity index (χ3n) is 2.46. The topological polar surface area (TPSA) is 120 Å². The number of nitrogen functional groups attached to an aromatic ring is 1. The Bertz CT molecular complexity index is 711.